The van der Waals surface area contributed by atoms with Crippen molar-refractivity contribution in [1.82, 2.24) is 0 Å². The summed E-state index contributed by atoms with van der Waals surface area (Å²) in [6, 6.07) is 0. The fraction of sp³-hybridized carbons (Fsp3) is 0.944. The lowest BCUT2D eigenvalue weighted by Crippen LogP contribution is -2.28. The van der Waals surface area contributed by atoms with E-state index in [1.54, 1.807) is 0 Å². The molecule has 0 bridgehead atoms. The predicted molar refractivity (Wildman–Crippen MR) is 163 cm³/mol. The first-order chi connectivity index (χ1) is 17.1. The highest BCUT2D eigenvalue weighted by atomic mass is 14.6. The van der Waals surface area contributed by atoms with Gasteiger partial charge in [0.1, 0.15) is 0 Å². The van der Waals surface area contributed by atoms with Crippen LogP contribution in [0.15, 0.2) is 11.6 Å². The molecule has 0 aliphatic heterocycles. The Morgan fingerprint density at radius 2 is 1.39 bits per heavy atom. The van der Waals surface area contributed by atoms with Crippen molar-refractivity contribution in [3.63, 3.8) is 0 Å². The Morgan fingerprint density at radius 1 is 0.750 bits per heavy atom. The largest absolute Gasteiger partial charge is 0.0816 e. The zero-order valence-electron chi connectivity index (χ0n) is 26.6. The van der Waals surface area contributed by atoms with Crippen LogP contribution in [0.3, 0.4) is 0 Å². The molecule has 8 unspecified atom stereocenters. The average molecular weight is 501 g/mol. The molecule has 2 aliphatic carbocycles. The van der Waals surface area contributed by atoms with Crippen molar-refractivity contribution in [1.29, 1.82) is 0 Å². The van der Waals surface area contributed by atoms with E-state index >= 15 is 0 Å². The van der Waals surface area contributed by atoms with E-state index in [1.807, 2.05) is 5.57 Å². The van der Waals surface area contributed by atoms with E-state index in [0.717, 1.165) is 65.1 Å². The fourth-order valence-electron chi connectivity index (χ4n) is 7.75. The Balaban J connectivity index is 2.11. The normalized spacial score (nSPS) is 29.0. The van der Waals surface area contributed by atoms with E-state index in [1.165, 1.54) is 83.5 Å². The van der Waals surface area contributed by atoms with E-state index in [-0.39, 0.29) is 0 Å². The van der Waals surface area contributed by atoms with Gasteiger partial charge in [-0.25, -0.2) is 0 Å². The van der Waals surface area contributed by atoms with Crippen molar-refractivity contribution < 1.29 is 0 Å². The van der Waals surface area contributed by atoms with Gasteiger partial charge in [-0.05, 0) is 110 Å². The summed E-state index contributed by atoms with van der Waals surface area (Å²) in [4.78, 5) is 0. The molecule has 36 heavy (non-hydrogen) atoms. The van der Waals surface area contributed by atoms with Gasteiger partial charge in [-0.1, -0.05) is 119 Å². The first kappa shape index (κ1) is 32.0. The second kappa shape index (κ2) is 16.0. The molecule has 0 spiro atoms. The summed E-state index contributed by atoms with van der Waals surface area (Å²) in [5.74, 6) is 10.1. The minimum Gasteiger partial charge on any atom is -0.0816 e. The third-order valence-electron chi connectivity index (χ3n) is 10.8. The SMILES string of the molecule is CCC(=CC(CCCC(C)C)C1C(CC)C1CC(C)C(C)C)C(CC)CC1CCC1CCCC(C)C. The van der Waals surface area contributed by atoms with Crippen LogP contribution in [0.2, 0.25) is 0 Å². The van der Waals surface area contributed by atoms with E-state index < -0.39 is 0 Å². The highest BCUT2D eigenvalue weighted by molar-refractivity contribution is 5.14. The Labute approximate surface area is 229 Å². The van der Waals surface area contributed by atoms with Gasteiger partial charge in [0.15, 0.2) is 0 Å². The summed E-state index contributed by atoms with van der Waals surface area (Å²) in [6.07, 6.45) is 21.5. The number of hydrogen-bond donors (Lipinski definition) is 0. The van der Waals surface area contributed by atoms with Crippen LogP contribution >= 0.6 is 0 Å². The molecule has 0 heterocycles. The first-order valence-electron chi connectivity index (χ1n) is 16.8. The summed E-state index contributed by atoms with van der Waals surface area (Å²) in [7, 11) is 0. The second-order valence-electron chi connectivity index (χ2n) is 14.6. The summed E-state index contributed by atoms with van der Waals surface area (Å²) in [5.41, 5.74) is 1.84. The van der Waals surface area contributed by atoms with Crippen LogP contribution in [0.25, 0.3) is 0 Å². The van der Waals surface area contributed by atoms with E-state index in [2.05, 4.69) is 75.3 Å². The molecule has 212 valence electrons. The van der Waals surface area contributed by atoms with Crippen molar-refractivity contribution in [2.24, 2.45) is 65.1 Å². The third kappa shape index (κ3) is 9.80. The van der Waals surface area contributed by atoms with Gasteiger partial charge in [0.05, 0.1) is 0 Å². The molecule has 0 heteroatoms. The van der Waals surface area contributed by atoms with Gasteiger partial charge in [-0.15, -0.1) is 0 Å². The van der Waals surface area contributed by atoms with Crippen LogP contribution in [-0.4, -0.2) is 0 Å². The number of rotatable bonds is 19. The lowest BCUT2D eigenvalue weighted by molar-refractivity contribution is 0.131. The van der Waals surface area contributed by atoms with Crippen LogP contribution < -0.4 is 0 Å². The Morgan fingerprint density at radius 3 is 1.89 bits per heavy atom. The molecule has 0 nitrogen and oxygen atoms in total. The molecule has 0 aromatic carbocycles. The molecular weight excluding hydrogens is 432 g/mol. The highest BCUT2D eigenvalue weighted by Gasteiger charge is 2.51. The van der Waals surface area contributed by atoms with Crippen molar-refractivity contribution in [2.45, 2.75) is 153 Å². The van der Waals surface area contributed by atoms with Gasteiger partial charge < -0.3 is 0 Å². The second-order valence-corrected chi connectivity index (χ2v) is 14.6. The van der Waals surface area contributed by atoms with Gasteiger partial charge in [-0.2, -0.15) is 0 Å². The third-order valence-corrected chi connectivity index (χ3v) is 10.8. The number of hydrogen-bond acceptors (Lipinski definition) is 0. The minimum absolute atomic E-state index is 0.824. The van der Waals surface area contributed by atoms with Gasteiger partial charge in [0.25, 0.3) is 0 Å². The van der Waals surface area contributed by atoms with Crippen LogP contribution in [0.5, 0.6) is 0 Å². The van der Waals surface area contributed by atoms with Crippen molar-refractivity contribution in [2.75, 3.05) is 0 Å². The molecule has 2 aliphatic rings. The van der Waals surface area contributed by atoms with Crippen LogP contribution in [0.4, 0.5) is 0 Å². The topological polar surface area (TPSA) is 0 Å². The quantitative estimate of drug-likeness (QED) is 0.155. The molecule has 0 amide bonds. The summed E-state index contributed by atoms with van der Waals surface area (Å²) in [5, 5.41) is 0. The molecule has 0 aromatic heterocycles. The van der Waals surface area contributed by atoms with E-state index in [0.29, 0.717) is 0 Å². The monoisotopic (exact) mass is 501 g/mol. The summed E-state index contributed by atoms with van der Waals surface area (Å²) >= 11 is 0. The smallest absolute Gasteiger partial charge is 0.0197 e. The highest BCUT2D eigenvalue weighted by Crippen LogP contribution is 2.58. The van der Waals surface area contributed by atoms with Crippen LogP contribution in [-0.2, 0) is 0 Å². The lowest BCUT2D eigenvalue weighted by atomic mass is 9.66. The standard InChI is InChI=1S/C36H68/c1-11-29(23-32-21-20-31(32)18-14-16-25(4)5)30(12-2)24-33(19-15-17-26(6)7)36-34(13-3)35(36)22-28(10)27(8)9/h24-29,31-36H,11-23H2,1-10H3. The van der Waals surface area contributed by atoms with Gasteiger partial charge in [-0.3, -0.25) is 0 Å². The van der Waals surface area contributed by atoms with Crippen LogP contribution in [0.1, 0.15) is 153 Å². The minimum atomic E-state index is 0.824. The van der Waals surface area contributed by atoms with Crippen molar-refractivity contribution in [3.8, 4) is 0 Å². The molecular formula is C36H68. The van der Waals surface area contributed by atoms with Gasteiger partial charge in [0.2, 0.25) is 0 Å². The molecule has 2 fully saturated rings. The van der Waals surface area contributed by atoms with E-state index in [9.17, 15) is 0 Å². The molecule has 0 radical (unpaired) electrons. The maximum Gasteiger partial charge on any atom is -0.0197 e. The van der Waals surface area contributed by atoms with Gasteiger partial charge >= 0.3 is 0 Å². The maximum atomic E-state index is 2.90. The molecule has 0 saturated heterocycles. The molecule has 8 atom stereocenters. The number of allylic oxidation sites excluding steroid dienone is 2. The summed E-state index contributed by atoms with van der Waals surface area (Å²) in [6.45, 7) is 24.4. The fourth-order valence-corrected chi connectivity index (χ4v) is 7.75. The molecule has 0 N–H and O–H groups in total. The predicted octanol–water partition coefficient (Wildman–Crippen LogP) is 12.0. The lowest BCUT2D eigenvalue weighted by Gasteiger charge is -2.40. The molecule has 2 rings (SSSR count). The van der Waals surface area contributed by atoms with Gasteiger partial charge in [0, 0.05) is 0 Å². The first-order valence-corrected chi connectivity index (χ1v) is 16.8. The Hall–Kier alpha value is -0.260. The average Bonchev–Trinajstić information content (AvgIpc) is 3.50. The van der Waals surface area contributed by atoms with Crippen molar-refractivity contribution in [3.05, 3.63) is 11.6 Å². The van der Waals surface area contributed by atoms with E-state index in [4.69, 9.17) is 0 Å². The maximum absolute atomic E-state index is 2.90. The molecule has 0 aromatic rings. The summed E-state index contributed by atoms with van der Waals surface area (Å²) < 4.78 is 0. The zero-order chi connectivity index (χ0) is 26.8. The zero-order valence-corrected chi connectivity index (χ0v) is 26.6. The Bertz CT molecular complexity index is 610. The van der Waals surface area contributed by atoms with Crippen molar-refractivity contribution >= 4 is 0 Å². The van der Waals surface area contributed by atoms with Crippen LogP contribution in [0, 0.1) is 65.1 Å². The Kier molecular flexibility index (Phi) is 14.2. The molecule has 2 saturated carbocycles.